The van der Waals surface area contributed by atoms with Crippen LogP contribution in [-0.4, -0.2) is 39.7 Å². The molecule has 2 aromatic rings. The summed E-state index contributed by atoms with van der Waals surface area (Å²) in [5.74, 6) is -2.30. The number of esters is 2. The molecule has 2 rings (SSSR count). The van der Waals surface area contributed by atoms with Crippen LogP contribution in [0.2, 0.25) is 10.0 Å². The molecule has 0 spiro atoms. The van der Waals surface area contributed by atoms with E-state index in [4.69, 9.17) is 23.2 Å². The highest BCUT2D eigenvalue weighted by Gasteiger charge is 2.23. The number of methoxy groups -OCH3 is 2. The summed E-state index contributed by atoms with van der Waals surface area (Å²) < 4.78 is 36.5. The Balaban J connectivity index is 2.55. The summed E-state index contributed by atoms with van der Waals surface area (Å²) >= 11 is 11.5. The van der Waals surface area contributed by atoms with Gasteiger partial charge in [-0.3, -0.25) is 4.72 Å². The minimum Gasteiger partial charge on any atom is -0.505 e. The quantitative estimate of drug-likeness (QED) is 0.695. The molecule has 144 valence electrons. The Morgan fingerprint density at radius 1 is 0.963 bits per heavy atom. The van der Waals surface area contributed by atoms with Crippen molar-refractivity contribution in [2.75, 3.05) is 18.9 Å². The molecule has 0 aromatic heterocycles. The number of phenolic OH excluding ortho intramolecular Hbond substituents is 1. The molecule has 0 saturated heterocycles. The Hall–Kier alpha value is -2.49. The third-order valence-corrected chi connectivity index (χ3v) is 5.21. The smallest absolute Gasteiger partial charge is 0.337 e. The van der Waals surface area contributed by atoms with Crippen molar-refractivity contribution >= 4 is 50.9 Å². The zero-order chi connectivity index (χ0) is 20.4. The molecule has 0 aliphatic heterocycles. The monoisotopic (exact) mass is 433 g/mol. The van der Waals surface area contributed by atoms with E-state index in [1.54, 1.807) is 0 Å². The minimum absolute atomic E-state index is 0.0169. The van der Waals surface area contributed by atoms with E-state index in [0.717, 1.165) is 32.4 Å². The van der Waals surface area contributed by atoms with Gasteiger partial charge in [-0.2, -0.15) is 0 Å². The summed E-state index contributed by atoms with van der Waals surface area (Å²) in [7, 11) is -2.10. The number of aromatic hydroxyl groups is 1. The molecule has 0 aliphatic rings. The number of halogens is 2. The van der Waals surface area contributed by atoms with Crippen molar-refractivity contribution in [2.45, 2.75) is 4.90 Å². The molecular formula is C16H13Cl2NO7S. The highest BCUT2D eigenvalue weighted by molar-refractivity contribution is 7.92. The van der Waals surface area contributed by atoms with E-state index in [9.17, 15) is 23.1 Å². The Morgan fingerprint density at radius 2 is 1.48 bits per heavy atom. The van der Waals surface area contributed by atoms with E-state index >= 15 is 0 Å². The van der Waals surface area contributed by atoms with E-state index < -0.39 is 32.6 Å². The van der Waals surface area contributed by atoms with Crippen molar-refractivity contribution in [1.82, 2.24) is 0 Å². The van der Waals surface area contributed by atoms with Gasteiger partial charge in [0.2, 0.25) is 0 Å². The van der Waals surface area contributed by atoms with Gasteiger partial charge in [-0.25, -0.2) is 18.0 Å². The van der Waals surface area contributed by atoms with Crippen LogP contribution in [-0.2, 0) is 19.5 Å². The van der Waals surface area contributed by atoms with Crippen molar-refractivity contribution in [1.29, 1.82) is 0 Å². The first-order valence-corrected chi connectivity index (χ1v) is 9.35. The van der Waals surface area contributed by atoms with Crippen LogP contribution in [0.5, 0.6) is 5.75 Å². The van der Waals surface area contributed by atoms with Crippen LogP contribution in [0, 0.1) is 0 Å². The second kappa shape index (κ2) is 8.03. The van der Waals surface area contributed by atoms with E-state index in [1.165, 1.54) is 12.1 Å². The van der Waals surface area contributed by atoms with Crippen molar-refractivity contribution in [3.63, 3.8) is 0 Å². The molecule has 0 amide bonds. The van der Waals surface area contributed by atoms with E-state index in [-0.39, 0.29) is 26.9 Å². The first-order chi connectivity index (χ1) is 12.6. The molecule has 0 aliphatic carbocycles. The molecule has 2 aromatic carbocycles. The zero-order valence-corrected chi connectivity index (χ0v) is 16.3. The largest absolute Gasteiger partial charge is 0.505 e. The molecule has 0 bridgehead atoms. The number of nitrogens with one attached hydrogen (secondary N) is 1. The number of hydrogen-bond donors (Lipinski definition) is 2. The van der Waals surface area contributed by atoms with Gasteiger partial charge < -0.3 is 14.6 Å². The fourth-order valence-corrected chi connectivity index (χ4v) is 3.91. The highest BCUT2D eigenvalue weighted by Crippen LogP contribution is 2.35. The highest BCUT2D eigenvalue weighted by atomic mass is 35.5. The van der Waals surface area contributed by atoms with Gasteiger partial charge >= 0.3 is 11.9 Å². The zero-order valence-electron chi connectivity index (χ0n) is 13.9. The summed E-state index contributed by atoms with van der Waals surface area (Å²) in [6, 6.07) is 5.66. The summed E-state index contributed by atoms with van der Waals surface area (Å²) in [5.41, 5.74) is -0.327. The molecule has 8 nitrogen and oxygen atoms in total. The Bertz CT molecular complexity index is 987. The summed E-state index contributed by atoms with van der Waals surface area (Å²) in [6.07, 6.45) is 0. The predicted molar refractivity (Wildman–Crippen MR) is 98.1 cm³/mol. The number of carbonyl (C=O) groups excluding carboxylic acids is 2. The number of ether oxygens (including phenoxy) is 2. The molecular weight excluding hydrogens is 421 g/mol. The fourth-order valence-electron chi connectivity index (χ4n) is 2.12. The fraction of sp³-hybridized carbons (Fsp3) is 0.125. The predicted octanol–water partition coefficient (Wildman–Crippen LogP) is 3.07. The third kappa shape index (κ3) is 4.62. The molecule has 0 atom stereocenters. The minimum atomic E-state index is -4.36. The number of anilines is 1. The molecule has 11 heteroatoms. The molecule has 27 heavy (non-hydrogen) atoms. The van der Waals surface area contributed by atoms with Gasteiger partial charge in [0.05, 0.1) is 36.1 Å². The molecule has 0 heterocycles. The van der Waals surface area contributed by atoms with Gasteiger partial charge in [0.25, 0.3) is 10.0 Å². The lowest BCUT2D eigenvalue weighted by Crippen LogP contribution is -2.15. The lowest BCUT2D eigenvalue weighted by molar-refractivity contribution is 0.0599. The number of rotatable bonds is 5. The van der Waals surface area contributed by atoms with E-state index in [0.29, 0.717) is 0 Å². The first-order valence-electron chi connectivity index (χ1n) is 7.11. The summed E-state index contributed by atoms with van der Waals surface area (Å²) in [5, 5.41) is 9.66. The standard InChI is InChI=1S/C16H13Cl2NO7S/c1-25-15(21)8-3-9(16(22)26-2)5-11(4-8)19-27(23,24)13-7-10(17)6-12(18)14(13)20/h3-7,19-20H,1-2H3. The summed E-state index contributed by atoms with van der Waals surface area (Å²) in [4.78, 5) is 23.0. The molecule has 0 unspecified atom stereocenters. The van der Waals surface area contributed by atoms with Gasteiger partial charge in [-0.05, 0) is 30.3 Å². The molecule has 2 N–H and O–H groups in total. The van der Waals surface area contributed by atoms with Crippen LogP contribution in [0.3, 0.4) is 0 Å². The maximum absolute atomic E-state index is 12.6. The van der Waals surface area contributed by atoms with Gasteiger partial charge in [0.1, 0.15) is 4.90 Å². The number of hydrogen-bond acceptors (Lipinski definition) is 7. The van der Waals surface area contributed by atoms with Crippen molar-refractivity contribution in [3.8, 4) is 5.75 Å². The average Bonchev–Trinajstić information content (AvgIpc) is 2.62. The topological polar surface area (TPSA) is 119 Å². The molecule has 0 radical (unpaired) electrons. The average molecular weight is 434 g/mol. The Morgan fingerprint density at radius 3 is 1.96 bits per heavy atom. The maximum atomic E-state index is 12.6. The number of benzene rings is 2. The van der Waals surface area contributed by atoms with Crippen molar-refractivity contribution in [3.05, 3.63) is 51.5 Å². The molecule has 0 saturated carbocycles. The van der Waals surface area contributed by atoms with Crippen LogP contribution in [0.1, 0.15) is 20.7 Å². The van der Waals surface area contributed by atoms with Gasteiger partial charge in [0, 0.05) is 5.02 Å². The number of carbonyl (C=O) groups is 2. The van der Waals surface area contributed by atoms with Crippen LogP contribution < -0.4 is 4.72 Å². The normalized spacial score (nSPS) is 11.0. The van der Waals surface area contributed by atoms with Gasteiger partial charge in [-0.15, -0.1) is 0 Å². The van der Waals surface area contributed by atoms with Gasteiger partial charge in [-0.1, -0.05) is 23.2 Å². The first kappa shape index (κ1) is 20.8. The van der Waals surface area contributed by atoms with Crippen molar-refractivity contribution in [2.24, 2.45) is 0 Å². The Labute approximate surface area is 164 Å². The van der Waals surface area contributed by atoms with Gasteiger partial charge in [0.15, 0.2) is 5.75 Å². The van der Waals surface area contributed by atoms with Crippen LogP contribution >= 0.6 is 23.2 Å². The van der Waals surface area contributed by atoms with Crippen LogP contribution in [0.15, 0.2) is 35.2 Å². The maximum Gasteiger partial charge on any atom is 0.337 e. The lowest BCUT2D eigenvalue weighted by Gasteiger charge is -2.13. The second-order valence-electron chi connectivity index (χ2n) is 5.12. The number of sulfonamides is 1. The number of phenols is 1. The summed E-state index contributed by atoms with van der Waals surface area (Å²) in [6.45, 7) is 0. The lowest BCUT2D eigenvalue weighted by atomic mass is 10.1. The second-order valence-corrected chi connectivity index (χ2v) is 7.62. The van der Waals surface area contributed by atoms with Crippen LogP contribution in [0.4, 0.5) is 5.69 Å². The van der Waals surface area contributed by atoms with Crippen LogP contribution in [0.25, 0.3) is 0 Å². The van der Waals surface area contributed by atoms with E-state index in [2.05, 4.69) is 14.2 Å². The third-order valence-electron chi connectivity index (χ3n) is 3.31. The SMILES string of the molecule is COC(=O)c1cc(NS(=O)(=O)c2cc(Cl)cc(Cl)c2O)cc(C(=O)OC)c1. The Kier molecular flexibility index (Phi) is 6.19. The van der Waals surface area contributed by atoms with Crippen molar-refractivity contribution < 1.29 is 32.6 Å². The molecule has 0 fully saturated rings. The van der Waals surface area contributed by atoms with E-state index in [1.807, 2.05) is 0 Å².